The molecule has 0 amide bonds. The molecule has 0 atom stereocenters. The number of thiophene rings is 1. The van der Waals surface area contributed by atoms with E-state index >= 15 is 0 Å². The maximum absolute atomic E-state index is 12.4. The van der Waals surface area contributed by atoms with Gasteiger partial charge in [-0.25, -0.2) is 0 Å². The molecule has 1 aliphatic rings. The standard InChI is InChI=1S/C13H13N3OS/c14-12(15)9-5-6-10(11-2-1-7-18-11)16(13(9)17)8-3-4-8/h1-2,5-8H,3-4H2,(H3,14,15). The summed E-state index contributed by atoms with van der Waals surface area (Å²) in [5, 5.41) is 9.44. The number of nitrogens with one attached hydrogen (secondary N) is 1. The van der Waals surface area contributed by atoms with Crippen LogP contribution in [0.5, 0.6) is 0 Å². The number of nitrogens with zero attached hydrogens (tertiary/aromatic N) is 1. The predicted molar refractivity (Wildman–Crippen MR) is 73.3 cm³/mol. The van der Waals surface area contributed by atoms with E-state index in [4.69, 9.17) is 11.1 Å². The van der Waals surface area contributed by atoms with Crippen LogP contribution in [0.3, 0.4) is 0 Å². The monoisotopic (exact) mass is 259 g/mol. The van der Waals surface area contributed by atoms with Crippen molar-refractivity contribution in [2.75, 3.05) is 0 Å². The van der Waals surface area contributed by atoms with Crippen LogP contribution < -0.4 is 11.3 Å². The van der Waals surface area contributed by atoms with Gasteiger partial charge in [0.25, 0.3) is 5.56 Å². The molecule has 18 heavy (non-hydrogen) atoms. The molecule has 4 nitrogen and oxygen atoms in total. The number of pyridine rings is 1. The van der Waals surface area contributed by atoms with Crippen LogP contribution in [0, 0.1) is 5.41 Å². The normalized spacial score (nSPS) is 14.7. The van der Waals surface area contributed by atoms with Gasteiger partial charge in [0, 0.05) is 6.04 Å². The highest BCUT2D eigenvalue weighted by Crippen LogP contribution is 2.37. The van der Waals surface area contributed by atoms with Crippen molar-refractivity contribution in [3.63, 3.8) is 0 Å². The van der Waals surface area contributed by atoms with Crippen LogP contribution in [-0.4, -0.2) is 10.4 Å². The Morgan fingerprint density at radius 2 is 2.17 bits per heavy atom. The van der Waals surface area contributed by atoms with Crippen LogP contribution in [-0.2, 0) is 0 Å². The summed E-state index contributed by atoms with van der Waals surface area (Å²) < 4.78 is 1.79. The minimum Gasteiger partial charge on any atom is -0.384 e. The summed E-state index contributed by atoms with van der Waals surface area (Å²) in [4.78, 5) is 13.4. The highest BCUT2D eigenvalue weighted by atomic mass is 32.1. The lowest BCUT2D eigenvalue weighted by Gasteiger charge is -2.12. The van der Waals surface area contributed by atoms with Crippen molar-refractivity contribution >= 4 is 17.2 Å². The first-order valence-corrected chi connectivity index (χ1v) is 6.70. The molecular weight excluding hydrogens is 246 g/mol. The van der Waals surface area contributed by atoms with Gasteiger partial charge in [0.15, 0.2) is 0 Å². The van der Waals surface area contributed by atoms with E-state index in [2.05, 4.69) is 0 Å². The van der Waals surface area contributed by atoms with Gasteiger partial charge in [-0.2, -0.15) is 0 Å². The molecule has 0 aliphatic heterocycles. The van der Waals surface area contributed by atoms with Gasteiger partial charge < -0.3 is 10.3 Å². The summed E-state index contributed by atoms with van der Waals surface area (Å²) in [5.74, 6) is -0.160. The number of nitrogens with two attached hydrogens (primary N) is 1. The first-order chi connectivity index (χ1) is 8.68. The number of nitrogen functional groups attached to an aromatic ring is 1. The summed E-state index contributed by atoms with van der Waals surface area (Å²) in [5.41, 5.74) is 6.53. The highest BCUT2D eigenvalue weighted by molar-refractivity contribution is 7.13. The number of hydrogen-bond donors (Lipinski definition) is 2. The van der Waals surface area contributed by atoms with Crippen molar-refractivity contribution < 1.29 is 0 Å². The second-order valence-corrected chi connectivity index (χ2v) is 5.38. The molecule has 0 radical (unpaired) electrons. The van der Waals surface area contributed by atoms with E-state index in [1.54, 1.807) is 22.0 Å². The van der Waals surface area contributed by atoms with Crippen molar-refractivity contribution in [1.82, 2.24) is 4.57 Å². The van der Waals surface area contributed by atoms with Crippen molar-refractivity contribution in [2.24, 2.45) is 5.73 Å². The highest BCUT2D eigenvalue weighted by Gasteiger charge is 2.28. The second kappa shape index (κ2) is 4.10. The van der Waals surface area contributed by atoms with Gasteiger partial charge in [-0.3, -0.25) is 10.2 Å². The van der Waals surface area contributed by atoms with Gasteiger partial charge >= 0.3 is 0 Å². The molecule has 3 N–H and O–H groups in total. The Kier molecular flexibility index (Phi) is 2.56. The van der Waals surface area contributed by atoms with Crippen LogP contribution in [0.15, 0.2) is 34.4 Å². The van der Waals surface area contributed by atoms with Gasteiger partial charge in [-0.15, -0.1) is 11.3 Å². The third kappa shape index (κ3) is 1.76. The van der Waals surface area contributed by atoms with E-state index < -0.39 is 0 Å². The molecule has 0 spiro atoms. The van der Waals surface area contributed by atoms with Gasteiger partial charge in [0.05, 0.1) is 16.1 Å². The number of hydrogen-bond acceptors (Lipinski definition) is 3. The zero-order valence-corrected chi connectivity index (χ0v) is 10.5. The molecule has 1 saturated carbocycles. The molecule has 5 heteroatoms. The molecule has 0 bridgehead atoms. The Morgan fingerprint density at radius 1 is 1.39 bits per heavy atom. The summed E-state index contributed by atoms with van der Waals surface area (Å²) in [7, 11) is 0. The molecule has 3 rings (SSSR count). The summed E-state index contributed by atoms with van der Waals surface area (Å²) in [6.45, 7) is 0. The Balaban J connectivity index is 2.24. The molecule has 1 fully saturated rings. The molecule has 2 aromatic heterocycles. The Morgan fingerprint density at radius 3 is 2.72 bits per heavy atom. The quantitative estimate of drug-likeness (QED) is 0.655. The molecule has 0 saturated heterocycles. The SMILES string of the molecule is N=C(N)c1ccc(-c2cccs2)n(C2CC2)c1=O. The number of aromatic nitrogens is 1. The molecule has 2 aromatic rings. The van der Waals surface area contributed by atoms with Crippen LogP contribution in [0.1, 0.15) is 24.4 Å². The van der Waals surface area contributed by atoms with E-state index in [1.165, 1.54) is 0 Å². The van der Waals surface area contributed by atoms with Gasteiger partial charge in [-0.05, 0) is 36.4 Å². The molecule has 1 aliphatic carbocycles. The fourth-order valence-corrected chi connectivity index (χ4v) is 2.83. The minimum absolute atomic E-state index is 0.143. The van der Waals surface area contributed by atoms with Gasteiger partial charge in [-0.1, -0.05) is 6.07 Å². The lowest BCUT2D eigenvalue weighted by Crippen LogP contribution is -2.29. The first-order valence-electron chi connectivity index (χ1n) is 5.82. The predicted octanol–water partition coefficient (Wildman–Crippen LogP) is 2.20. The largest absolute Gasteiger partial charge is 0.384 e. The van der Waals surface area contributed by atoms with Crippen molar-refractivity contribution in [2.45, 2.75) is 18.9 Å². The Labute approximate surface area is 108 Å². The summed E-state index contributed by atoms with van der Waals surface area (Å²) in [6, 6.07) is 7.79. The summed E-state index contributed by atoms with van der Waals surface area (Å²) >= 11 is 1.61. The van der Waals surface area contributed by atoms with E-state index in [1.807, 2.05) is 23.6 Å². The third-order valence-corrected chi connectivity index (χ3v) is 3.98. The summed E-state index contributed by atoms with van der Waals surface area (Å²) in [6.07, 6.45) is 2.05. The molecule has 92 valence electrons. The lowest BCUT2D eigenvalue weighted by atomic mass is 10.2. The van der Waals surface area contributed by atoms with E-state index in [0.29, 0.717) is 5.56 Å². The lowest BCUT2D eigenvalue weighted by molar-refractivity contribution is 0.715. The fraction of sp³-hybridized carbons (Fsp3) is 0.231. The smallest absolute Gasteiger partial charge is 0.262 e. The molecular formula is C13H13N3OS. The third-order valence-electron chi connectivity index (χ3n) is 3.09. The average Bonchev–Trinajstić information content (AvgIpc) is 3.03. The second-order valence-electron chi connectivity index (χ2n) is 4.43. The van der Waals surface area contributed by atoms with E-state index in [0.717, 1.165) is 23.4 Å². The maximum Gasteiger partial charge on any atom is 0.262 e. The van der Waals surface area contributed by atoms with Crippen LogP contribution in [0.2, 0.25) is 0 Å². The van der Waals surface area contributed by atoms with Crippen LogP contribution >= 0.6 is 11.3 Å². The van der Waals surface area contributed by atoms with E-state index in [-0.39, 0.29) is 17.4 Å². The average molecular weight is 259 g/mol. The van der Waals surface area contributed by atoms with Crippen molar-refractivity contribution in [3.05, 3.63) is 45.6 Å². The van der Waals surface area contributed by atoms with E-state index in [9.17, 15) is 4.79 Å². The zero-order valence-electron chi connectivity index (χ0n) is 9.72. The molecule has 0 unspecified atom stereocenters. The van der Waals surface area contributed by atoms with Gasteiger partial charge in [0.1, 0.15) is 5.84 Å². The minimum atomic E-state index is -0.160. The van der Waals surface area contributed by atoms with Crippen molar-refractivity contribution in [1.29, 1.82) is 5.41 Å². The number of amidine groups is 1. The first kappa shape index (κ1) is 11.2. The van der Waals surface area contributed by atoms with Gasteiger partial charge in [0.2, 0.25) is 0 Å². The van der Waals surface area contributed by atoms with Crippen LogP contribution in [0.4, 0.5) is 0 Å². The Bertz CT molecular complexity index is 653. The maximum atomic E-state index is 12.4. The van der Waals surface area contributed by atoms with Crippen LogP contribution in [0.25, 0.3) is 10.6 Å². The zero-order chi connectivity index (χ0) is 12.7. The topological polar surface area (TPSA) is 71.9 Å². The fourth-order valence-electron chi connectivity index (χ4n) is 2.08. The van der Waals surface area contributed by atoms with Crippen molar-refractivity contribution in [3.8, 4) is 10.6 Å². The Hall–Kier alpha value is -1.88. The molecule has 2 heterocycles. The number of rotatable bonds is 3. The molecule has 0 aromatic carbocycles.